The predicted molar refractivity (Wildman–Crippen MR) is 50.1 cm³/mol. The molecule has 0 radical (unpaired) electrons. The van der Waals surface area contributed by atoms with Crippen molar-refractivity contribution in [2.24, 2.45) is 5.84 Å². The van der Waals surface area contributed by atoms with E-state index in [2.05, 4.69) is 20.8 Å². The van der Waals surface area contributed by atoms with E-state index in [0.29, 0.717) is 17.3 Å². The van der Waals surface area contributed by atoms with Crippen molar-refractivity contribution < 1.29 is 4.52 Å². The van der Waals surface area contributed by atoms with Gasteiger partial charge in [-0.3, -0.25) is 0 Å². The van der Waals surface area contributed by atoms with Gasteiger partial charge in [0.25, 0.3) is 0 Å². The highest BCUT2D eigenvalue weighted by Crippen LogP contribution is 2.17. The largest absolute Gasteiger partial charge is 0.354 e. The molecule has 0 fully saturated rings. The third kappa shape index (κ3) is 1.55. The number of hydrogen-bond donors (Lipinski definition) is 2. The van der Waals surface area contributed by atoms with Crippen molar-refractivity contribution in [1.29, 1.82) is 0 Å². The highest BCUT2D eigenvalue weighted by molar-refractivity contribution is 5.52. The van der Waals surface area contributed by atoms with Gasteiger partial charge in [0.1, 0.15) is 5.69 Å². The fourth-order valence-electron chi connectivity index (χ4n) is 1.02. The van der Waals surface area contributed by atoms with Crippen LogP contribution in [0.5, 0.6) is 0 Å². The van der Waals surface area contributed by atoms with Gasteiger partial charge < -0.3 is 9.95 Å². The third-order valence-corrected chi connectivity index (χ3v) is 1.69. The normalized spacial score (nSPS) is 10.1. The number of nitrogens with two attached hydrogens (primary N) is 1. The fraction of sp³-hybridized carbons (Fsp3) is 0.125. The molecule has 0 aliphatic heterocycles. The lowest BCUT2D eigenvalue weighted by Crippen LogP contribution is -2.08. The molecule has 0 unspecified atom stereocenters. The summed E-state index contributed by atoms with van der Waals surface area (Å²) in [6.07, 6.45) is 0. The average Bonchev–Trinajstić information content (AvgIpc) is 2.65. The first kappa shape index (κ1) is 8.64. The van der Waals surface area contributed by atoms with Crippen LogP contribution in [-0.4, -0.2) is 15.4 Å². The number of nitrogen functional groups attached to an aromatic ring is 1. The molecule has 0 saturated heterocycles. The summed E-state index contributed by atoms with van der Waals surface area (Å²) in [6, 6.07) is 5.25. The molecule has 2 rings (SSSR count). The van der Waals surface area contributed by atoms with Crippen LogP contribution in [0.3, 0.4) is 0 Å². The predicted octanol–water partition coefficient (Wildman–Crippen LogP) is 0.726. The monoisotopic (exact) mass is 191 g/mol. The zero-order valence-corrected chi connectivity index (χ0v) is 7.56. The van der Waals surface area contributed by atoms with E-state index in [9.17, 15) is 0 Å². The van der Waals surface area contributed by atoms with Crippen LogP contribution in [-0.2, 0) is 0 Å². The number of nitrogens with zero attached hydrogens (tertiary/aromatic N) is 3. The van der Waals surface area contributed by atoms with Gasteiger partial charge in [-0.2, -0.15) is 0 Å². The van der Waals surface area contributed by atoms with E-state index < -0.39 is 0 Å². The van der Waals surface area contributed by atoms with Crippen LogP contribution in [0, 0.1) is 6.92 Å². The molecule has 0 atom stereocenters. The molecule has 0 spiro atoms. The second-order valence-electron chi connectivity index (χ2n) is 2.78. The third-order valence-electron chi connectivity index (χ3n) is 1.69. The number of rotatable bonds is 2. The zero-order valence-electron chi connectivity index (χ0n) is 7.56. The van der Waals surface area contributed by atoms with Crippen molar-refractivity contribution in [2.75, 3.05) is 5.43 Å². The van der Waals surface area contributed by atoms with E-state index in [0.717, 1.165) is 5.69 Å². The first-order valence-corrected chi connectivity index (χ1v) is 4.03. The van der Waals surface area contributed by atoms with E-state index in [4.69, 9.17) is 10.4 Å². The van der Waals surface area contributed by atoms with E-state index in [-0.39, 0.29) is 0 Å². The summed E-state index contributed by atoms with van der Waals surface area (Å²) in [5.41, 5.74) is 3.83. The van der Waals surface area contributed by atoms with Crippen LogP contribution in [0.1, 0.15) is 5.69 Å². The molecule has 0 saturated carbocycles. The second kappa shape index (κ2) is 3.43. The zero-order chi connectivity index (χ0) is 9.97. The fourth-order valence-corrected chi connectivity index (χ4v) is 1.02. The molecule has 6 heteroatoms. The van der Waals surface area contributed by atoms with Gasteiger partial charge in [0, 0.05) is 6.07 Å². The van der Waals surface area contributed by atoms with Crippen LogP contribution in [0.2, 0.25) is 0 Å². The van der Waals surface area contributed by atoms with E-state index in [1.54, 1.807) is 18.2 Å². The number of hydrazine groups is 1. The van der Waals surface area contributed by atoms with Gasteiger partial charge in [0.2, 0.25) is 0 Å². The molecular formula is C8H9N5O. The Balaban J connectivity index is 2.33. The van der Waals surface area contributed by atoms with Crippen LogP contribution in [0.4, 0.5) is 5.82 Å². The Kier molecular flexibility index (Phi) is 2.11. The van der Waals surface area contributed by atoms with Crippen LogP contribution < -0.4 is 11.3 Å². The molecule has 6 nitrogen and oxygen atoms in total. The summed E-state index contributed by atoms with van der Waals surface area (Å²) < 4.78 is 5.02. The SMILES string of the molecule is Cc1cc(-c2ccc(NN)nn2)on1. The minimum atomic E-state index is 0.505. The topological polar surface area (TPSA) is 89.9 Å². The maximum absolute atomic E-state index is 5.15. The Labute approximate surface area is 80.1 Å². The van der Waals surface area contributed by atoms with Crippen molar-refractivity contribution in [3.63, 3.8) is 0 Å². The number of aryl methyl sites for hydroxylation is 1. The van der Waals surface area contributed by atoms with Gasteiger partial charge in [-0.25, -0.2) is 5.84 Å². The summed E-state index contributed by atoms with van der Waals surface area (Å²) in [6.45, 7) is 1.84. The maximum atomic E-state index is 5.15. The lowest BCUT2D eigenvalue weighted by molar-refractivity contribution is 0.425. The van der Waals surface area contributed by atoms with Crippen LogP contribution in [0.25, 0.3) is 11.5 Å². The average molecular weight is 191 g/mol. The van der Waals surface area contributed by atoms with Gasteiger partial charge >= 0.3 is 0 Å². The van der Waals surface area contributed by atoms with Gasteiger partial charge in [-0.1, -0.05) is 5.16 Å². The first-order chi connectivity index (χ1) is 6.79. The highest BCUT2D eigenvalue weighted by atomic mass is 16.5. The van der Waals surface area contributed by atoms with Gasteiger partial charge in [0.15, 0.2) is 11.6 Å². The van der Waals surface area contributed by atoms with Crippen molar-refractivity contribution in [3.8, 4) is 11.5 Å². The number of aromatic nitrogens is 3. The van der Waals surface area contributed by atoms with Crippen LogP contribution >= 0.6 is 0 Å². The summed E-state index contributed by atoms with van der Waals surface area (Å²) in [4.78, 5) is 0. The molecule has 0 amide bonds. The Morgan fingerprint density at radius 1 is 1.36 bits per heavy atom. The van der Waals surface area contributed by atoms with Crippen molar-refractivity contribution in [2.45, 2.75) is 6.92 Å². The summed E-state index contributed by atoms with van der Waals surface area (Å²) in [5.74, 6) is 6.25. The molecule has 2 aromatic rings. The standard InChI is InChI=1S/C8H9N5O/c1-5-4-7(14-13-5)6-2-3-8(10-9)12-11-6/h2-4H,9H2,1H3,(H,10,12). The minimum absolute atomic E-state index is 0.505. The Hall–Kier alpha value is -1.95. The Morgan fingerprint density at radius 3 is 2.71 bits per heavy atom. The molecule has 0 aromatic carbocycles. The molecular weight excluding hydrogens is 182 g/mol. The summed E-state index contributed by atoms with van der Waals surface area (Å²) in [7, 11) is 0. The molecule has 3 N–H and O–H groups in total. The number of nitrogens with one attached hydrogen (secondary N) is 1. The van der Waals surface area contributed by atoms with Gasteiger partial charge in [-0.05, 0) is 19.1 Å². The Morgan fingerprint density at radius 2 is 2.21 bits per heavy atom. The maximum Gasteiger partial charge on any atom is 0.187 e. The Bertz CT molecular complexity index is 422. The molecule has 0 aliphatic carbocycles. The van der Waals surface area contributed by atoms with Crippen LogP contribution in [0.15, 0.2) is 22.7 Å². The molecule has 72 valence electrons. The number of anilines is 1. The van der Waals surface area contributed by atoms with E-state index in [1.807, 2.05) is 6.92 Å². The van der Waals surface area contributed by atoms with E-state index in [1.165, 1.54) is 0 Å². The van der Waals surface area contributed by atoms with Gasteiger partial charge in [0.05, 0.1) is 5.69 Å². The lowest BCUT2D eigenvalue weighted by atomic mass is 10.3. The van der Waals surface area contributed by atoms with Crippen molar-refractivity contribution >= 4 is 5.82 Å². The minimum Gasteiger partial charge on any atom is -0.354 e. The highest BCUT2D eigenvalue weighted by Gasteiger charge is 2.05. The molecule has 0 aliphatic rings. The molecule has 0 bridgehead atoms. The van der Waals surface area contributed by atoms with Crippen molar-refractivity contribution in [3.05, 3.63) is 23.9 Å². The smallest absolute Gasteiger partial charge is 0.187 e. The lowest BCUT2D eigenvalue weighted by Gasteiger charge is -1.96. The first-order valence-electron chi connectivity index (χ1n) is 4.03. The summed E-state index contributed by atoms with van der Waals surface area (Å²) >= 11 is 0. The van der Waals surface area contributed by atoms with Crippen molar-refractivity contribution in [1.82, 2.24) is 15.4 Å². The number of hydrogen-bond acceptors (Lipinski definition) is 6. The molecule has 2 heterocycles. The molecule has 2 aromatic heterocycles. The van der Waals surface area contributed by atoms with Gasteiger partial charge in [-0.15, -0.1) is 10.2 Å². The summed E-state index contributed by atoms with van der Waals surface area (Å²) in [5, 5.41) is 11.5. The second-order valence-corrected chi connectivity index (χ2v) is 2.78. The quantitative estimate of drug-likeness (QED) is 0.537. The van der Waals surface area contributed by atoms with E-state index >= 15 is 0 Å². The molecule has 14 heavy (non-hydrogen) atoms.